The minimum absolute atomic E-state index is 0.554. The van der Waals surface area contributed by atoms with Crippen molar-refractivity contribution < 1.29 is 9.47 Å². The second-order valence-corrected chi connectivity index (χ2v) is 6.40. The molecule has 2 aromatic heterocycles. The summed E-state index contributed by atoms with van der Waals surface area (Å²) in [6, 6.07) is 14.8. The standard InChI is InChI=1S/C21H17ClN4O2/c1-27-14-6-8-18-16(10-14)21(25-19-11-15(28-2)5-7-17(19)22)26-20(24-18)13-4-3-9-23-12-13/h3-12H,1-2H3,(H,24,25,26). The van der Waals surface area contributed by atoms with Crippen LogP contribution in [0, 0.1) is 0 Å². The Morgan fingerprint density at radius 2 is 1.71 bits per heavy atom. The third-order valence-electron chi connectivity index (χ3n) is 4.25. The summed E-state index contributed by atoms with van der Waals surface area (Å²) in [5.41, 5.74) is 2.28. The Morgan fingerprint density at radius 3 is 2.46 bits per heavy atom. The van der Waals surface area contributed by atoms with Crippen molar-refractivity contribution in [1.82, 2.24) is 15.0 Å². The van der Waals surface area contributed by atoms with Gasteiger partial charge in [0.05, 0.1) is 30.4 Å². The van der Waals surface area contributed by atoms with Gasteiger partial charge >= 0.3 is 0 Å². The maximum absolute atomic E-state index is 6.37. The van der Waals surface area contributed by atoms with Crippen LogP contribution in [-0.2, 0) is 0 Å². The first kappa shape index (κ1) is 18.0. The van der Waals surface area contributed by atoms with Crippen LogP contribution in [0.1, 0.15) is 0 Å². The highest BCUT2D eigenvalue weighted by molar-refractivity contribution is 6.33. The van der Waals surface area contributed by atoms with E-state index in [9.17, 15) is 0 Å². The highest BCUT2D eigenvalue weighted by Gasteiger charge is 2.13. The molecule has 4 rings (SSSR count). The molecular weight excluding hydrogens is 376 g/mol. The Balaban J connectivity index is 1.89. The topological polar surface area (TPSA) is 69.2 Å². The van der Waals surface area contributed by atoms with Crippen molar-refractivity contribution in [3.05, 3.63) is 65.9 Å². The second kappa shape index (κ2) is 7.70. The summed E-state index contributed by atoms with van der Waals surface area (Å²) in [5.74, 6) is 2.57. The van der Waals surface area contributed by atoms with Crippen molar-refractivity contribution in [2.45, 2.75) is 0 Å². The van der Waals surface area contributed by atoms with Gasteiger partial charge in [-0.3, -0.25) is 4.98 Å². The molecule has 28 heavy (non-hydrogen) atoms. The first-order valence-electron chi connectivity index (χ1n) is 8.54. The van der Waals surface area contributed by atoms with Crippen LogP contribution in [0.5, 0.6) is 11.5 Å². The first-order chi connectivity index (χ1) is 13.7. The van der Waals surface area contributed by atoms with Gasteiger partial charge in [0.25, 0.3) is 0 Å². The van der Waals surface area contributed by atoms with E-state index in [2.05, 4.69) is 15.3 Å². The molecule has 4 aromatic rings. The van der Waals surface area contributed by atoms with Crippen molar-refractivity contribution >= 4 is 34.0 Å². The van der Waals surface area contributed by atoms with Gasteiger partial charge in [-0.2, -0.15) is 0 Å². The lowest BCUT2D eigenvalue weighted by atomic mass is 10.2. The summed E-state index contributed by atoms with van der Waals surface area (Å²) in [7, 11) is 3.23. The summed E-state index contributed by atoms with van der Waals surface area (Å²) in [6.07, 6.45) is 3.44. The van der Waals surface area contributed by atoms with Crippen LogP contribution < -0.4 is 14.8 Å². The van der Waals surface area contributed by atoms with Gasteiger partial charge in [-0.25, -0.2) is 9.97 Å². The summed E-state index contributed by atoms with van der Waals surface area (Å²) < 4.78 is 10.7. The molecule has 0 bridgehead atoms. The molecular formula is C21H17ClN4O2. The smallest absolute Gasteiger partial charge is 0.163 e. The van der Waals surface area contributed by atoms with Crippen LogP contribution in [0.25, 0.3) is 22.3 Å². The lowest BCUT2D eigenvalue weighted by molar-refractivity contribution is 0.415. The number of hydrogen-bond donors (Lipinski definition) is 1. The highest BCUT2D eigenvalue weighted by atomic mass is 35.5. The van der Waals surface area contributed by atoms with Crippen LogP contribution in [0.2, 0.25) is 5.02 Å². The molecule has 0 saturated carbocycles. The molecule has 0 atom stereocenters. The molecule has 0 saturated heterocycles. The molecule has 0 fully saturated rings. The van der Waals surface area contributed by atoms with E-state index in [4.69, 9.17) is 26.1 Å². The zero-order valence-corrected chi connectivity index (χ0v) is 16.1. The Kier molecular flexibility index (Phi) is 4.95. The molecule has 6 nitrogen and oxygen atoms in total. The fourth-order valence-corrected chi connectivity index (χ4v) is 2.97. The van der Waals surface area contributed by atoms with Crippen LogP contribution >= 0.6 is 11.6 Å². The minimum atomic E-state index is 0.554. The Labute approximate surface area is 167 Å². The number of hydrogen-bond acceptors (Lipinski definition) is 6. The Morgan fingerprint density at radius 1 is 0.929 bits per heavy atom. The van der Waals surface area contributed by atoms with Crippen LogP contribution in [0.3, 0.4) is 0 Å². The molecule has 0 aliphatic heterocycles. The second-order valence-electron chi connectivity index (χ2n) is 5.99. The van der Waals surface area contributed by atoms with E-state index in [1.807, 2.05) is 36.4 Å². The van der Waals surface area contributed by atoms with Crippen molar-refractivity contribution in [3.63, 3.8) is 0 Å². The van der Waals surface area contributed by atoms with E-state index in [-0.39, 0.29) is 0 Å². The van der Waals surface area contributed by atoms with Gasteiger partial charge in [-0.05, 0) is 42.5 Å². The molecule has 7 heteroatoms. The van der Waals surface area contributed by atoms with E-state index >= 15 is 0 Å². The predicted molar refractivity (Wildman–Crippen MR) is 111 cm³/mol. The third kappa shape index (κ3) is 3.54. The Bertz CT molecular complexity index is 1140. The number of fused-ring (bicyclic) bond motifs is 1. The number of rotatable bonds is 5. The number of ether oxygens (including phenoxy) is 2. The van der Waals surface area contributed by atoms with Gasteiger partial charge < -0.3 is 14.8 Å². The van der Waals surface area contributed by atoms with E-state index in [1.54, 1.807) is 38.7 Å². The zero-order chi connectivity index (χ0) is 19.5. The number of pyridine rings is 1. The average Bonchev–Trinajstić information content (AvgIpc) is 2.75. The molecule has 0 radical (unpaired) electrons. The summed E-state index contributed by atoms with van der Waals surface area (Å²) in [6.45, 7) is 0. The molecule has 0 amide bonds. The van der Waals surface area contributed by atoms with Gasteiger partial charge in [0.1, 0.15) is 17.3 Å². The quantitative estimate of drug-likeness (QED) is 0.509. The van der Waals surface area contributed by atoms with E-state index in [0.717, 1.165) is 16.5 Å². The van der Waals surface area contributed by atoms with Crippen LogP contribution in [0.4, 0.5) is 11.5 Å². The van der Waals surface area contributed by atoms with Gasteiger partial charge in [-0.15, -0.1) is 0 Å². The summed E-state index contributed by atoms with van der Waals surface area (Å²) in [5, 5.41) is 4.68. The maximum atomic E-state index is 6.37. The van der Waals surface area contributed by atoms with Crippen molar-refractivity contribution in [2.24, 2.45) is 0 Å². The van der Waals surface area contributed by atoms with Gasteiger partial charge in [0.2, 0.25) is 0 Å². The largest absolute Gasteiger partial charge is 0.497 e. The molecule has 140 valence electrons. The lowest BCUT2D eigenvalue weighted by Crippen LogP contribution is -2.01. The van der Waals surface area contributed by atoms with Crippen LogP contribution in [0.15, 0.2) is 60.9 Å². The average molecular weight is 393 g/mol. The normalized spacial score (nSPS) is 10.7. The number of nitrogens with zero attached hydrogens (tertiary/aromatic N) is 3. The molecule has 2 aromatic carbocycles. The fraction of sp³-hybridized carbons (Fsp3) is 0.0952. The number of halogens is 1. The van der Waals surface area contributed by atoms with E-state index in [1.165, 1.54) is 0 Å². The molecule has 0 spiro atoms. The van der Waals surface area contributed by atoms with Crippen molar-refractivity contribution in [2.75, 3.05) is 19.5 Å². The van der Waals surface area contributed by atoms with Gasteiger partial charge in [-0.1, -0.05) is 11.6 Å². The number of methoxy groups -OCH3 is 2. The molecule has 0 aliphatic carbocycles. The van der Waals surface area contributed by atoms with Crippen molar-refractivity contribution in [1.29, 1.82) is 0 Å². The minimum Gasteiger partial charge on any atom is -0.497 e. The first-order valence-corrected chi connectivity index (χ1v) is 8.92. The summed E-state index contributed by atoms with van der Waals surface area (Å²) in [4.78, 5) is 13.6. The lowest BCUT2D eigenvalue weighted by Gasteiger charge is -2.13. The SMILES string of the molecule is COc1ccc(Cl)c(Nc2nc(-c3cccnc3)nc3ccc(OC)cc23)c1. The number of anilines is 2. The van der Waals surface area contributed by atoms with Gasteiger partial charge in [0.15, 0.2) is 5.82 Å². The zero-order valence-electron chi connectivity index (χ0n) is 15.3. The van der Waals surface area contributed by atoms with Crippen molar-refractivity contribution in [3.8, 4) is 22.9 Å². The molecule has 0 unspecified atom stereocenters. The van der Waals surface area contributed by atoms with Crippen LogP contribution in [-0.4, -0.2) is 29.2 Å². The van der Waals surface area contributed by atoms with E-state index in [0.29, 0.717) is 33.9 Å². The number of aromatic nitrogens is 3. The fourth-order valence-electron chi connectivity index (χ4n) is 2.81. The molecule has 2 heterocycles. The third-order valence-corrected chi connectivity index (χ3v) is 4.58. The Hall–Kier alpha value is -3.38. The maximum Gasteiger partial charge on any atom is 0.163 e. The molecule has 0 aliphatic rings. The highest BCUT2D eigenvalue weighted by Crippen LogP contribution is 2.33. The number of nitrogens with one attached hydrogen (secondary N) is 1. The predicted octanol–water partition coefficient (Wildman–Crippen LogP) is 5.11. The number of benzene rings is 2. The van der Waals surface area contributed by atoms with E-state index < -0.39 is 0 Å². The van der Waals surface area contributed by atoms with Gasteiger partial charge in [0, 0.05) is 29.4 Å². The monoisotopic (exact) mass is 392 g/mol. The molecule has 1 N–H and O–H groups in total. The summed E-state index contributed by atoms with van der Waals surface area (Å²) >= 11 is 6.37.